The van der Waals surface area contributed by atoms with Gasteiger partial charge in [-0.15, -0.1) is 0 Å². The normalized spacial score (nSPS) is 17.7. The van der Waals surface area contributed by atoms with Crippen LogP contribution in [0.4, 0.5) is 10.1 Å². The molecule has 1 saturated heterocycles. The second-order valence-electron chi connectivity index (χ2n) is 5.50. The summed E-state index contributed by atoms with van der Waals surface area (Å²) in [5.41, 5.74) is 1.77. The molecule has 1 heterocycles. The highest BCUT2D eigenvalue weighted by molar-refractivity contribution is 9.08. The van der Waals surface area contributed by atoms with Crippen LogP contribution in [-0.4, -0.2) is 38.6 Å². The first-order chi connectivity index (χ1) is 9.11. The number of hydrogen-bond donors (Lipinski definition) is 0. The van der Waals surface area contributed by atoms with E-state index < -0.39 is 0 Å². The molecule has 0 amide bonds. The largest absolute Gasteiger partial charge is 0.374 e. The lowest BCUT2D eigenvalue weighted by atomic mass is 9.96. The summed E-state index contributed by atoms with van der Waals surface area (Å²) in [5.74, 6) is 0.595. The third-order valence-corrected chi connectivity index (χ3v) is 4.57. The van der Waals surface area contributed by atoms with Crippen LogP contribution in [0.25, 0.3) is 0 Å². The van der Waals surface area contributed by atoms with Crippen molar-refractivity contribution < 1.29 is 4.39 Å². The van der Waals surface area contributed by atoms with Gasteiger partial charge in [-0.25, -0.2) is 4.39 Å². The van der Waals surface area contributed by atoms with Crippen molar-refractivity contribution in [2.75, 3.05) is 38.6 Å². The molecule has 2 rings (SSSR count). The molecule has 1 aromatic carbocycles. The van der Waals surface area contributed by atoms with Crippen molar-refractivity contribution in [3.8, 4) is 0 Å². The van der Waals surface area contributed by atoms with E-state index in [9.17, 15) is 4.39 Å². The van der Waals surface area contributed by atoms with Crippen LogP contribution >= 0.6 is 15.9 Å². The van der Waals surface area contributed by atoms with Gasteiger partial charge in [-0.05, 0) is 51.0 Å². The van der Waals surface area contributed by atoms with Gasteiger partial charge in [0.25, 0.3) is 0 Å². The maximum Gasteiger partial charge on any atom is 0.129 e. The second-order valence-corrected chi connectivity index (χ2v) is 6.06. The van der Waals surface area contributed by atoms with Crippen LogP contribution in [-0.2, 0) is 5.33 Å². The van der Waals surface area contributed by atoms with E-state index in [0.717, 1.165) is 17.8 Å². The summed E-state index contributed by atoms with van der Waals surface area (Å²) in [6.07, 6.45) is 2.47. The second kappa shape index (κ2) is 6.71. The van der Waals surface area contributed by atoms with E-state index in [2.05, 4.69) is 39.8 Å². The molecular formula is C15H22BrFN2. The summed E-state index contributed by atoms with van der Waals surface area (Å²) in [5, 5.41) is 0.562. The van der Waals surface area contributed by atoms with Gasteiger partial charge >= 0.3 is 0 Å². The summed E-state index contributed by atoms with van der Waals surface area (Å²) < 4.78 is 13.8. The van der Waals surface area contributed by atoms with E-state index in [4.69, 9.17) is 0 Å². The van der Waals surface area contributed by atoms with E-state index in [1.165, 1.54) is 32.0 Å². The quantitative estimate of drug-likeness (QED) is 0.780. The lowest BCUT2D eigenvalue weighted by Gasteiger charge is -2.33. The summed E-state index contributed by atoms with van der Waals surface area (Å²) in [6, 6.07) is 5.33. The van der Waals surface area contributed by atoms with E-state index >= 15 is 0 Å². The Bertz CT molecular complexity index is 417. The Labute approximate surface area is 123 Å². The molecule has 1 fully saturated rings. The first-order valence-corrected chi connectivity index (χ1v) is 7.97. The minimum atomic E-state index is -0.121. The molecule has 0 saturated carbocycles. The Morgan fingerprint density at radius 2 is 2.05 bits per heavy atom. The van der Waals surface area contributed by atoms with Crippen molar-refractivity contribution in [3.05, 3.63) is 29.6 Å². The summed E-state index contributed by atoms with van der Waals surface area (Å²) >= 11 is 3.39. The van der Waals surface area contributed by atoms with E-state index in [1.54, 1.807) is 6.07 Å². The zero-order valence-corrected chi connectivity index (χ0v) is 13.3. The average molecular weight is 329 g/mol. The van der Waals surface area contributed by atoms with Crippen LogP contribution in [0.2, 0.25) is 0 Å². The average Bonchev–Trinajstić information content (AvgIpc) is 2.41. The highest BCUT2D eigenvalue weighted by Gasteiger charge is 2.19. The van der Waals surface area contributed by atoms with Gasteiger partial charge in [0.15, 0.2) is 0 Å². The predicted octanol–water partition coefficient (Wildman–Crippen LogP) is 3.50. The predicted molar refractivity (Wildman–Crippen MR) is 82.5 cm³/mol. The van der Waals surface area contributed by atoms with Crippen molar-refractivity contribution >= 4 is 21.6 Å². The van der Waals surface area contributed by atoms with Gasteiger partial charge in [-0.2, -0.15) is 0 Å². The number of rotatable bonds is 4. The SMILES string of the molecule is CN1CCC(CN(C)c2cccc(F)c2CBr)CC1. The highest BCUT2D eigenvalue weighted by atomic mass is 79.9. The Morgan fingerprint density at radius 1 is 1.37 bits per heavy atom. The van der Waals surface area contributed by atoms with Crippen LogP contribution in [0.5, 0.6) is 0 Å². The van der Waals surface area contributed by atoms with Crippen molar-refractivity contribution in [2.24, 2.45) is 5.92 Å². The first kappa shape index (κ1) is 14.8. The van der Waals surface area contributed by atoms with Crippen molar-refractivity contribution in [3.63, 3.8) is 0 Å². The molecule has 0 radical (unpaired) electrons. The Hall–Kier alpha value is -0.610. The topological polar surface area (TPSA) is 6.48 Å². The lowest BCUT2D eigenvalue weighted by molar-refractivity contribution is 0.222. The maximum atomic E-state index is 13.8. The number of benzene rings is 1. The molecule has 0 spiro atoms. The summed E-state index contributed by atoms with van der Waals surface area (Å²) in [6.45, 7) is 3.36. The molecule has 0 unspecified atom stereocenters. The van der Waals surface area contributed by atoms with Crippen LogP contribution < -0.4 is 4.90 Å². The molecule has 4 heteroatoms. The van der Waals surface area contributed by atoms with Crippen molar-refractivity contribution in [1.82, 2.24) is 4.90 Å². The van der Waals surface area contributed by atoms with Crippen LogP contribution in [0.15, 0.2) is 18.2 Å². The molecule has 0 bridgehead atoms. The molecule has 0 aromatic heterocycles. The van der Waals surface area contributed by atoms with Gasteiger partial charge in [0.05, 0.1) is 0 Å². The third kappa shape index (κ3) is 3.69. The Balaban J connectivity index is 2.03. The fourth-order valence-electron chi connectivity index (χ4n) is 2.77. The van der Waals surface area contributed by atoms with Crippen LogP contribution in [0.3, 0.4) is 0 Å². The number of likely N-dealkylation sites (tertiary alicyclic amines) is 1. The molecule has 106 valence electrons. The number of anilines is 1. The molecule has 19 heavy (non-hydrogen) atoms. The number of halogens is 2. The van der Waals surface area contributed by atoms with E-state index in [-0.39, 0.29) is 5.82 Å². The number of alkyl halides is 1. The summed E-state index contributed by atoms with van der Waals surface area (Å²) in [7, 11) is 4.24. The maximum absolute atomic E-state index is 13.8. The Kier molecular flexibility index (Phi) is 5.22. The molecule has 0 atom stereocenters. The van der Waals surface area contributed by atoms with Gasteiger partial charge < -0.3 is 9.80 Å². The number of hydrogen-bond acceptors (Lipinski definition) is 2. The van der Waals surface area contributed by atoms with Gasteiger partial charge in [0.1, 0.15) is 5.82 Å². The highest BCUT2D eigenvalue weighted by Crippen LogP contribution is 2.27. The van der Waals surface area contributed by atoms with E-state index in [0.29, 0.717) is 11.2 Å². The first-order valence-electron chi connectivity index (χ1n) is 6.85. The smallest absolute Gasteiger partial charge is 0.129 e. The van der Waals surface area contributed by atoms with Crippen LogP contribution in [0.1, 0.15) is 18.4 Å². The molecule has 1 aliphatic heterocycles. The van der Waals surface area contributed by atoms with Gasteiger partial charge in [-0.3, -0.25) is 0 Å². The molecule has 0 N–H and O–H groups in total. The van der Waals surface area contributed by atoms with Crippen molar-refractivity contribution in [1.29, 1.82) is 0 Å². The van der Waals surface area contributed by atoms with Crippen LogP contribution in [0, 0.1) is 11.7 Å². The summed E-state index contributed by atoms with van der Waals surface area (Å²) in [4.78, 5) is 4.58. The fourth-order valence-corrected chi connectivity index (χ4v) is 3.32. The number of nitrogens with zero attached hydrogens (tertiary/aromatic N) is 2. The minimum Gasteiger partial charge on any atom is -0.374 e. The minimum absolute atomic E-state index is 0.121. The molecule has 2 nitrogen and oxygen atoms in total. The van der Waals surface area contributed by atoms with E-state index in [1.807, 2.05) is 6.07 Å². The zero-order valence-electron chi connectivity index (χ0n) is 11.7. The zero-order chi connectivity index (χ0) is 13.8. The van der Waals surface area contributed by atoms with Gasteiger partial charge in [0, 0.05) is 30.2 Å². The fraction of sp³-hybridized carbons (Fsp3) is 0.600. The monoisotopic (exact) mass is 328 g/mol. The third-order valence-electron chi connectivity index (χ3n) is 4.01. The molecule has 0 aliphatic carbocycles. The Morgan fingerprint density at radius 3 is 2.68 bits per heavy atom. The molecule has 1 aromatic rings. The van der Waals surface area contributed by atoms with Gasteiger partial charge in [0.2, 0.25) is 0 Å². The van der Waals surface area contributed by atoms with Crippen molar-refractivity contribution in [2.45, 2.75) is 18.2 Å². The standard InChI is InChI=1S/C15H22BrFN2/c1-18-8-6-12(7-9-18)11-19(2)15-5-3-4-14(17)13(15)10-16/h3-5,12H,6-11H2,1-2H3. The lowest BCUT2D eigenvalue weighted by Crippen LogP contribution is -2.36. The van der Waals surface area contributed by atoms with Gasteiger partial charge in [-0.1, -0.05) is 22.0 Å². The number of piperidine rings is 1. The molecular weight excluding hydrogens is 307 g/mol. The molecule has 1 aliphatic rings.